The fourth-order valence-corrected chi connectivity index (χ4v) is 3.80. The van der Waals surface area contributed by atoms with E-state index >= 15 is 0 Å². The molecule has 2 rings (SSSR count). The van der Waals surface area contributed by atoms with Crippen LogP contribution in [0.1, 0.15) is 33.6 Å². The molecule has 0 aromatic heterocycles. The molecule has 0 saturated carbocycles. The number of carbonyl (C=O) groups excluding carboxylic acids is 1. The van der Waals surface area contributed by atoms with Gasteiger partial charge in [-0.2, -0.15) is 0 Å². The van der Waals surface area contributed by atoms with Crippen molar-refractivity contribution in [3.8, 4) is 0 Å². The molecule has 2 aliphatic heterocycles. The van der Waals surface area contributed by atoms with Crippen LogP contribution in [-0.2, 0) is 14.3 Å². The van der Waals surface area contributed by atoms with Crippen LogP contribution in [0, 0.1) is 5.92 Å². The van der Waals surface area contributed by atoms with E-state index in [1.807, 2.05) is 0 Å². The van der Waals surface area contributed by atoms with Gasteiger partial charge in [0.05, 0.1) is 18.8 Å². The minimum atomic E-state index is -2.16. The number of rotatable bonds is 6. The van der Waals surface area contributed by atoms with Crippen LogP contribution in [0.5, 0.6) is 0 Å². The molecule has 5 atom stereocenters. The number of ether oxygens (including phenoxy) is 2. The quantitative estimate of drug-likeness (QED) is 0.565. The molecule has 7 heteroatoms. The maximum atomic E-state index is 12.5. The Kier molecular flexibility index (Phi) is 5.37. The summed E-state index contributed by atoms with van der Waals surface area (Å²) in [6, 6.07) is 0.0119. The smallest absolute Gasteiger partial charge is 0.343 e. The fraction of sp³-hybridized carbons (Fsp3) is 0.938. The van der Waals surface area contributed by atoms with E-state index in [2.05, 4.69) is 4.90 Å². The molecule has 0 bridgehead atoms. The Morgan fingerprint density at radius 3 is 2.48 bits per heavy atom. The molecule has 0 aromatic rings. The Hall–Kier alpha value is -0.730. The van der Waals surface area contributed by atoms with Crippen LogP contribution < -0.4 is 0 Å². The van der Waals surface area contributed by atoms with E-state index in [4.69, 9.17) is 9.47 Å². The number of hydrogen-bond acceptors (Lipinski definition) is 7. The van der Waals surface area contributed by atoms with Crippen molar-refractivity contribution in [1.29, 1.82) is 0 Å². The Bertz CT molecular complexity index is 437. The molecule has 2 saturated heterocycles. The first-order valence-electron chi connectivity index (χ1n) is 8.19. The first kappa shape index (κ1) is 18.6. The van der Waals surface area contributed by atoms with E-state index in [9.17, 15) is 20.1 Å². The summed E-state index contributed by atoms with van der Waals surface area (Å²) in [6.07, 6.45) is 0.263. The lowest BCUT2D eigenvalue weighted by molar-refractivity contribution is -0.218. The van der Waals surface area contributed by atoms with E-state index in [0.717, 1.165) is 25.9 Å². The Labute approximate surface area is 137 Å². The predicted octanol–water partition coefficient (Wildman–Crippen LogP) is -0.478. The fourth-order valence-electron chi connectivity index (χ4n) is 3.80. The minimum Gasteiger partial charge on any atom is -0.463 e. The number of nitrogens with zero attached hydrogens (tertiary/aromatic N) is 1. The van der Waals surface area contributed by atoms with Gasteiger partial charge in [-0.05, 0) is 40.2 Å². The first-order valence-corrected chi connectivity index (χ1v) is 8.19. The van der Waals surface area contributed by atoms with E-state index in [1.54, 1.807) is 0 Å². The van der Waals surface area contributed by atoms with Gasteiger partial charge in [0.1, 0.15) is 5.60 Å². The zero-order valence-corrected chi connectivity index (χ0v) is 14.4. The highest BCUT2D eigenvalue weighted by molar-refractivity contribution is 5.81. The maximum absolute atomic E-state index is 12.5. The van der Waals surface area contributed by atoms with Crippen LogP contribution in [0.4, 0.5) is 0 Å². The van der Waals surface area contributed by atoms with Crippen molar-refractivity contribution in [2.24, 2.45) is 5.92 Å². The third-order valence-corrected chi connectivity index (χ3v) is 5.41. The summed E-state index contributed by atoms with van der Waals surface area (Å²) in [5, 5.41) is 31.0. The summed E-state index contributed by atoms with van der Waals surface area (Å²) in [5.41, 5.74) is -3.87. The molecule has 134 valence electrons. The number of fused-ring (bicyclic) bond motifs is 1. The third kappa shape index (κ3) is 3.25. The van der Waals surface area contributed by atoms with Gasteiger partial charge in [-0.1, -0.05) is 0 Å². The maximum Gasteiger partial charge on any atom is 0.343 e. The Morgan fingerprint density at radius 2 is 1.91 bits per heavy atom. The van der Waals surface area contributed by atoms with Gasteiger partial charge >= 0.3 is 5.97 Å². The lowest BCUT2D eigenvalue weighted by Gasteiger charge is -2.40. The average molecular weight is 331 g/mol. The van der Waals surface area contributed by atoms with Gasteiger partial charge in [0.25, 0.3) is 0 Å². The normalized spacial score (nSPS) is 32.4. The SMILES string of the molecule is COC(C)C(O)(C(=O)OCC1CCN2CCC(O)C12)C(C)(C)O. The topological polar surface area (TPSA) is 99.5 Å². The Morgan fingerprint density at radius 1 is 1.30 bits per heavy atom. The largest absolute Gasteiger partial charge is 0.463 e. The third-order valence-electron chi connectivity index (χ3n) is 5.41. The number of carbonyl (C=O) groups is 1. The van der Waals surface area contributed by atoms with E-state index in [-0.39, 0.29) is 18.6 Å². The van der Waals surface area contributed by atoms with Crippen molar-refractivity contribution >= 4 is 5.97 Å². The number of methoxy groups -OCH3 is 1. The van der Waals surface area contributed by atoms with Crippen molar-refractivity contribution in [3.05, 3.63) is 0 Å². The molecule has 23 heavy (non-hydrogen) atoms. The van der Waals surface area contributed by atoms with Gasteiger partial charge < -0.3 is 24.8 Å². The van der Waals surface area contributed by atoms with Crippen LogP contribution in [0.2, 0.25) is 0 Å². The number of esters is 1. The summed E-state index contributed by atoms with van der Waals surface area (Å²) in [4.78, 5) is 14.7. The van der Waals surface area contributed by atoms with Gasteiger partial charge in [0.2, 0.25) is 5.60 Å². The number of aliphatic hydroxyl groups is 3. The summed E-state index contributed by atoms with van der Waals surface area (Å²) < 4.78 is 10.4. The highest BCUT2D eigenvalue weighted by Gasteiger charge is 2.55. The molecular weight excluding hydrogens is 302 g/mol. The lowest BCUT2D eigenvalue weighted by atomic mass is 9.81. The molecule has 0 aliphatic carbocycles. The molecule has 5 unspecified atom stereocenters. The van der Waals surface area contributed by atoms with Crippen molar-refractivity contribution in [1.82, 2.24) is 4.90 Å². The van der Waals surface area contributed by atoms with Crippen molar-refractivity contribution in [2.45, 2.75) is 63.1 Å². The van der Waals surface area contributed by atoms with Crippen LogP contribution in [0.15, 0.2) is 0 Å². The average Bonchev–Trinajstić information content (AvgIpc) is 3.05. The predicted molar refractivity (Wildman–Crippen MR) is 82.8 cm³/mol. The monoisotopic (exact) mass is 331 g/mol. The lowest BCUT2D eigenvalue weighted by Crippen LogP contribution is -2.63. The molecule has 2 heterocycles. The van der Waals surface area contributed by atoms with E-state index in [0.29, 0.717) is 0 Å². The Balaban J connectivity index is 2.03. The van der Waals surface area contributed by atoms with Gasteiger partial charge in [0, 0.05) is 25.6 Å². The molecule has 7 nitrogen and oxygen atoms in total. The minimum absolute atomic E-state index is 0.0119. The standard InChI is InChI=1S/C16H29NO6/c1-10(22-4)16(21,15(2,3)20)14(19)23-9-11-5-7-17-8-6-12(18)13(11)17/h10-13,18,20-21H,5-9H2,1-4H3. The number of aliphatic hydroxyl groups excluding tert-OH is 1. The second-order valence-corrected chi connectivity index (χ2v) is 7.23. The molecule has 2 aliphatic rings. The van der Waals surface area contributed by atoms with Crippen molar-refractivity contribution in [3.63, 3.8) is 0 Å². The second kappa shape index (κ2) is 6.64. The molecule has 0 spiro atoms. The first-order chi connectivity index (χ1) is 10.6. The highest BCUT2D eigenvalue weighted by Crippen LogP contribution is 2.34. The molecule has 0 amide bonds. The van der Waals surface area contributed by atoms with E-state index in [1.165, 1.54) is 27.9 Å². The van der Waals surface area contributed by atoms with Crippen LogP contribution in [0.25, 0.3) is 0 Å². The van der Waals surface area contributed by atoms with Gasteiger partial charge in [-0.15, -0.1) is 0 Å². The second-order valence-electron chi connectivity index (χ2n) is 7.23. The molecule has 2 fully saturated rings. The van der Waals surface area contributed by atoms with E-state index < -0.39 is 29.4 Å². The molecule has 0 aromatic carbocycles. The van der Waals surface area contributed by atoms with Gasteiger partial charge in [-0.3, -0.25) is 4.90 Å². The summed E-state index contributed by atoms with van der Waals surface area (Å²) in [5.74, 6) is -0.856. The summed E-state index contributed by atoms with van der Waals surface area (Å²) >= 11 is 0. The zero-order valence-electron chi connectivity index (χ0n) is 14.4. The molecule has 0 radical (unpaired) electrons. The summed E-state index contributed by atoms with van der Waals surface area (Å²) in [7, 11) is 1.36. The number of hydrogen-bond donors (Lipinski definition) is 3. The molecule has 3 N–H and O–H groups in total. The zero-order chi connectivity index (χ0) is 17.4. The van der Waals surface area contributed by atoms with Crippen LogP contribution in [0.3, 0.4) is 0 Å². The summed E-state index contributed by atoms with van der Waals surface area (Å²) in [6.45, 7) is 6.07. The van der Waals surface area contributed by atoms with Crippen LogP contribution in [-0.4, -0.2) is 82.4 Å². The molecular formula is C16H29NO6. The van der Waals surface area contributed by atoms with Gasteiger partial charge in [0.15, 0.2) is 0 Å². The highest BCUT2D eigenvalue weighted by atomic mass is 16.6. The van der Waals surface area contributed by atoms with Crippen molar-refractivity contribution in [2.75, 3.05) is 26.8 Å². The van der Waals surface area contributed by atoms with Crippen LogP contribution >= 0.6 is 0 Å². The van der Waals surface area contributed by atoms with Gasteiger partial charge in [-0.25, -0.2) is 4.79 Å². The van der Waals surface area contributed by atoms with Crippen molar-refractivity contribution < 1.29 is 29.6 Å².